The van der Waals surface area contributed by atoms with E-state index in [0.29, 0.717) is 32.0 Å². The Balaban J connectivity index is 2.01. The van der Waals surface area contributed by atoms with Gasteiger partial charge in [-0.1, -0.05) is 6.92 Å². The zero-order valence-corrected chi connectivity index (χ0v) is 10.5. The fraction of sp³-hybridized carbons (Fsp3) is 0.833. The lowest BCUT2D eigenvalue weighted by atomic mass is 9.84. The molecule has 1 saturated heterocycles. The molecule has 1 saturated carbocycles. The van der Waals surface area contributed by atoms with Crippen molar-refractivity contribution >= 4 is 12.0 Å². The van der Waals surface area contributed by atoms with Gasteiger partial charge in [-0.3, -0.25) is 4.79 Å². The maximum atomic E-state index is 12.1. The zero-order chi connectivity index (χ0) is 12.6. The van der Waals surface area contributed by atoms with Crippen LogP contribution in [-0.4, -0.2) is 53.1 Å². The molecule has 5 heteroatoms. The summed E-state index contributed by atoms with van der Waals surface area (Å²) in [6.07, 6.45) is 3.31. The molecule has 1 N–H and O–H groups in total. The first-order valence-corrected chi connectivity index (χ1v) is 6.25. The van der Waals surface area contributed by atoms with E-state index in [1.807, 2.05) is 14.0 Å². The summed E-state index contributed by atoms with van der Waals surface area (Å²) in [6.45, 7) is 2.80. The third kappa shape index (κ3) is 2.10. The topological polar surface area (TPSA) is 60.9 Å². The van der Waals surface area contributed by atoms with Crippen LogP contribution in [-0.2, 0) is 4.79 Å². The largest absolute Gasteiger partial charge is 0.481 e. The van der Waals surface area contributed by atoms with Crippen LogP contribution in [0, 0.1) is 5.41 Å². The highest BCUT2D eigenvalue weighted by molar-refractivity contribution is 5.80. The van der Waals surface area contributed by atoms with Crippen molar-refractivity contribution in [2.75, 3.05) is 20.1 Å². The number of urea groups is 1. The number of likely N-dealkylation sites (tertiary alicyclic amines) is 1. The molecule has 1 heterocycles. The van der Waals surface area contributed by atoms with Crippen molar-refractivity contribution in [2.24, 2.45) is 5.41 Å². The quantitative estimate of drug-likeness (QED) is 0.810. The minimum absolute atomic E-state index is 0.0101. The minimum Gasteiger partial charge on any atom is -0.481 e. The van der Waals surface area contributed by atoms with Crippen LogP contribution in [0.25, 0.3) is 0 Å². The number of nitrogens with zero attached hydrogens (tertiary/aromatic N) is 2. The SMILES string of the molecule is CCC1(C(=O)O)CCN(C(=O)N(C)C2CC2)C1. The average molecular weight is 240 g/mol. The number of carbonyl (C=O) groups excluding carboxylic acids is 1. The van der Waals surface area contributed by atoms with Crippen LogP contribution in [0.3, 0.4) is 0 Å². The molecule has 1 aliphatic carbocycles. The molecule has 1 atom stereocenters. The molecule has 17 heavy (non-hydrogen) atoms. The van der Waals surface area contributed by atoms with Crippen molar-refractivity contribution in [3.8, 4) is 0 Å². The van der Waals surface area contributed by atoms with Gasteiger partial charge in [-0.05, 0) is 25.7 Å². The number of carbonyl (C=O) groups is 2. The number of amides is 2. The van der Waals surface area contributed by atoms with Crippen molar-refractivity contribution in [3.05, 3.63) is 0 Å². The van der Waals surface area contributed by atoms with Gasteiger partial charge in [0, 0.05) is 26.2 Å². The molecule has 0 aromatic carbocycles. The van der Waals surface area contributed by atoms with E-state index in [-0.39, 0.29) is 6.03 Å². The van der Waals surface area contributed by atoms with E-state index in [4.69, 9.17) is 0 Å². The standard InChI is InChI=1S/C12H20N2O3/c1-3-12(10(15)16)6-7-14(8-12)11(17)13(2)9-4-5-9/h9H,3-8H2,1-2H3,(H,15,16). The zero-order valence-electron chi connectivity index (χ0n) is 10.5. The molecule has 2 amide bonds. The fourth-order valence-corrected chi connectivity index (χ4v) is 2.49. The maximum absolute atomic E-state index is 12.1. The molecular weight excluding hydrogens is 220 g/mol. The smallest absolute Gasteiger partial charge is 0.320 e. The molecule has 2 fully saturated rings. The highest BCUT2D eigenvalue weighted by atomic mass is 16.4. The lowest BCUT2D eigenvalue weighted by Gasteiger charge is -2.26. The third-order valence-corrected chi connectivity index (χ3v) is 4.15. The Kier molecular flexibility index (Phi) is 3.02. The summed E-state index contributed by atoms with van der Waals surface area (Å²) in [7, 11) is 1.81. The summed E-state index contributed by atoms with van der Waals surface area (Å²) in [4.78, 5) is 26.8. The molecule has 1 unspecified atom stereocenters. The van der Waals surface area contributed by atoms with Crippen molar-refractivity contribution in [3.63, 3.8) is 0 Å². The van der Waals surface area contributed by atoms with Crippen molar-refractivity contribution < 1.29 is 14.7 Å². The van der Waals surface area contributed by atoms with Crippen LogP contribution in [0.1, 0.15) is 32.6 Å². The highest BCUT2D eigenvalue weighted by Crippen LogP contribution is 2.35. The Hall–Kier alpha value is -1.26. The first-order valence-electron chi connectivity index (χ1n) is 6.25. The van der Waals surface area contributed by atoms with E-state index in [1.165, 1.54) is 0 Å². The monoisotopic (exact) mass is 240 g/mol. The third-order valence-electron chi connectivity index (χ3n) is 4.15. The highest BCUT2D eigenvalue weighted by Gasteiger charge is 2.46. The van der Waals surface area contributed by atoms with E-state index in [2.05, 4.69) is 0 Å². The molecule has 1 aliphatic heterocycles. The number of hydrogen-bond acceptors (Lipinski definition) is 2. The van der Waals surface area contributed by atoms with Crippen molar-refractivity contribution in [2.45, 2.75) is 38.6 Å². The van der Waals surface area contributed by atoms with E-state index < -0.39 is 11.4 Å². The Morgan fingerprint density at radius 2 is 2.12 bits per heavy atom. The molecule has 0 bridgehead atoms. The number of carboxylic acids is 1. The summed E-state index contributed by atoms with van der Waals surface area (Å²) in [6, 6.07) is 0.369. The number of rotatable bonds is 3. The summed E-state index contributed by atoms with van der Waals surface area (Å²) in [5.74, 6) is -0.774. The predicted molar refractivity (Wildman–Crippen MR) is 62.7 cm³/mol. The van der Waals surface area contributed by atoms with Gasteiger partial charge in [-0.15, -0.1) is 0 Å². The predicted octanol–water partition coefficient (Wildman–Crippen LogP) is 1.39. The molecule has 5 nitrogen and oxygen atoms in total. The fourth-order valence-electron chi connectivity index (χ4n) is 2.49. The van der Waals surface area contributed by atoms with E-state index in [0.717, 1.165) is 12.8 Å². The van der Waals surface area contributed by atoms with Crippen LogP contribution < -0.4 is 0 Å². The second kappa shape index (κ2) is 4.20. The maximum Gasteiger partial charge on any atom is 0.320 e. The van der Waals surface area contributed by atoms with Gasteiger partial charge in [-0.2, -0.15) is 0 Å². The Labute approximate surface area is 101 Å². The van der Waals surface area contributed by atoms with Gasteiger partial charge in [-0.25, -0.2) is 4.79 Å². The molecule has 2 rings (SSSR count). The van der Waals surface area contributed by atoms with Crippen LogP contribution >= 0.6 is 0 Å². The molecule has 96 valence electrons. The van der Waals surface area contributed by atoms with Gasteiger partial charge < -0.3 is 14.9 Å². The second-order valence-electron chi connectivity index (χ2n) is 5.24. The average Bonchev–Trinajstić information content (AvgIpc) is 3.06. The lowest BCUT2D eigenvalue weighted by molar-refractivity contribution is -0.148. The summed E-state index contributed by atoms with van der Waals surface area (Å²) in [5.41, 5.74) is -0.722. The first kappa shape index (κ1) is 12.2. The van der Waals surface area contributed by atoms with Crippen LogP contribution in [0.5, 0.6) is 0 Å². The summed E-state index contributed by atoms with van der Waals surface area (Å²) >= 11 is 0. The Morgan fingerprint density at radius 3 is 2.53 bits per heavy atom. The van der Waals surface area contributed by atoms with Crippen LogP contribution in [0.4, 0.5) is 4.79 Å². The molecule has 0 spiro atoms. The van der Waals surface area contributed by atoms with Crippen LogP contribution in [0.15, 0.2) is 0 Å². The number of carboxylic acid groups (broad SMARTS) is 1. The molecule has 0 radical (unpaired) electrons. The summed E-state index contributed by atoms with van der Waals surface area (Å²) in [5, 5.41) is 9.27. The number of aliphatic carboxylic acids is 1. The lowest BCUT2D eigenvalue weighted by Crippen LogP contribution is -2.43. The number of hydrogen-bond donors (Lipinski definition) is 1. The van der Waals surface area contributed by atoms with Gasteiger partial charge in [0.05, 0.1) is 5.41 Å². The second-order valence-corrected chi connectivity index (χ2v) is 5.24. The molecule has 0 aromatic rings. The van der Waals surface area contributed by atoms with Gasteiger partial charge in [0.2, 0.25) is 0 Å². The van der Waals surface area contributed by atoms with Crippen LogP contribution in [0.2, 0.25) is 0 Å². The van der Waals surface area contributed by atoms with Gasteiger partial charge >= 0.3 is 12.0 Å². The van der Waals surface area contributed by atoms with E-state index in [9.17, 15) is 14.7 Å². The molecular formula is C12H20N2O3. The normalized spacial score (nSPS) is 28.2. The Morgan fingerprint density at radius 1 is 1.47 bits per heavy atom. The van der Waals surface area contributed by atoms with Crippen molar-refractivity contribution in [1.29, 1.82) is 0 Å². The molecule has 0 aromatic heterocycles. The van der Waals surface area contributed by atoms with Gasteiger partial charge in [0.15, 0.2) is 0 Å². The van der Waals surface area contributed by atoms with E-state index in [1.54, 1.807) is 9.80 Å². The van der Waals surface area contributed by atoms with E-state index >= 15 is 0 Å². The Bertz CT molecular complexity index is 341. The minimum atomic E-state index is -0.774. The van der Waals surface area contributed by atoms with Gasteiger partial charge in [0.1, 0.15) is 0 Å². The van der Waals surface area contributed by atoms with Gasteiger partial charge in [0.25, 0.3) is 0 Å². The van der Waals surface area contributed by atoms with Crippen molar-refractivity contribution in [1.82, 2.24) is 9.80 Å². The molecule has 2 aliphatic rings. The first-order chi connectivity index (χ1) is 8.00. The summed E-state index contributed by atoms with van der Waals surface area (Å²) < 4.78 is 0.